The summed E-state index contributed by atoms with van der Waals surface area (Å²) >= 11 is 1.50. The average molecular weight is 291 g/mol. The number of nitrogens with zero attached hydrogens (tertiary/aromatic N) is 1. The predicted octanol–water partition coefficient (Wildman–Crippen LogP) is 3.62. The van der Waals surface area contributed by atoms with Gasteiger partial charge in [-0.3, -0.25) is 0 Å². The van der Waals surface area contributed by atoms with Crippen molar-refractivity contribution in [2.24, 2.45) is 0 Å². The molecular weight excluding hydrogens is 278 g/mol. The highest BCUT2D eigenvalue weighted by Crippen LogP contribution is 2.23. The summed E-state index contributed by atoms with van der Waals surface area (Å²) in [5.41, 5.74) is 1.28. The van der Waals surface area contributed by atoms with Gasteiger partial charge in [0.1, 0.15) is 5.01 Å². The van der Waals surface area contributed by atoms with Gasteiger partial charge in [-0.25, -0.2) is 13.8 Å². The molecule has 0 aliphatic carbocycles. The van der Waals surface area contributed by atoms with Crippen molar-refractivity contribution in [3.8, 4) is 11.3 Å². The molecule has 1 N–H and O–H groups in total. The molecule has 0 amide bonds. The molecule has 0 fully saturated rings. The number of hydrogen-bond acceptors (Lipinski definition) is 3. The van der Waals surface area contributed by atoms with Crippen LogP contribution >= 0.6 is 23.7 Å². The lowest BCUT2D eigenvalue weighted by Gasteiger charge is -1.98. The van der Waals surface area contributed by atoms with E-state index in [1.54, 1.807) is 0 Å². The van der Waals surface area contributed by atoms with Crippen LogP contribution in [0.15, 0.2) is 23.6 Å². The molecule has 2 aromatic rings. The van der Waals surface area contributed by atoms with E-state index < -0.39 is 11.6 Å². The minimum atomic E-state index is -0.844. The zero-order valence-corrected chi connectivity index (χ0v) is 11.4. The largest absolute Gasteiger partial charge is 0.311 e. The van der Waals surface area contributed by atoms with Crippen molar-refractivity contribution < 1.29 is 8.78 Å². The zero-order chi connectivity index (χ0) is 12.3. The van der Waals surface area contributed by atoms with Gasteiger partial charge in [-0.2, -0.15) is 0 Å². The Morgan fingerprint density at radius 1 is 1.28 bits per heavy atom. The summed E-state index contributed by atoms with van der Waals surface area (Å²) in [5.74, 6) is -1.68. The van der Waals surface area contributed by atoms with Crippen LogP contribution in [-0.4, -0.2) is 11.5 Å². The van der Waals surface area contributed by atoms with Gasteiger partial charge < -0.3 is 5.32 Å². The van der Waals surface area contributed by atoms with Crippen molar-refractivity contribution in [3.63, 3.8) is 0 Å². The molecule has 2 nitrogen and oxygen atoms in total. The van der Waals surface area contributed by atoms with Crippen LogP contribution in [0.1, 0.15) is 11.9 Å². The lowest BCUT2D eigenvalue weighted by molar-refractivity contribution is 0.509. The number of thiazole rings is 1. The second-order valence-electron chi connectivity index (χ2n) is 3.54. The van der Waals surface area contributed by atoms with Gasteiger partial charge in [-0.05, 0) is 24.7 Å². The number of rotatable bonds is 4. The number of benzene rings is 1. The van der Waals surface area contributed by atoms with E-state index in [1.807, 2.05) is 12.3 Å². The molecule has 1 aromatic heterocycles. The van der Waals surface area contributed by atoms with E-state index in [-0.39, 0.29) is 12.4 Å². The molecule has 1 heterocycles. The average Bonchev–Trinajstić information content (AvgIpc) is 2.79. The molecular formula is C12H13ClF2N2S. The smallest absolute Gasteiger partial charge is 0.159 e. The Morgan fingerprint density at radius 3 is 2.72 bits per heavy atom. The van der Waals surface area contributed by atoms with Crippen molar-refractivity contribution in [1.29, 1.82) is 0 Å². The van der Waals surface area contributed by atoms with Gasteiger partial charge in [0.15, 0.2) is 11.6 Å². The quantitative estimate of drug-likeness (QED) is 0.930. The Morgan fingerprint density at radius 2 is 2.06 bits per heavy atom. The summed E-state index contributed by atoms with van der Waals surface area (Å²) in [4.78, 5) is 4.36. The maximum Gasteiger partial charge on any atom is 0.159 e. The standard InChI is InChI=1S/C12H12F2N2S.ClH/c1-2-15-6-12-16-11(7-17-12)8-3-4-9(13)10(14)5-8;/h3-5,7,15H,2,6H2,1H3;1H. The molecule has 0 saturated carbocycles. The molecule has 0 aliphatic heterocycles. The Hall–Kier alpha value is -1.04. The molecule has 0 unspecified atom stereocenters. The SMILES string of the molecule is CCNCc1nc(-c2ccc(F)c(F)c2)cs1.Cl. The van der Waals surface area contributed by atoms with Crippen molar-refractivity contribution in [1.82, 2.24) is 10.3 Å². The first-order valence-corrected chi connectivity index (χ1v) is 6.19. The van der Waals surface area contributed by atoms with Gasteiger partial charge in [0.2, 0.25) is 0 Å². The number of nitrogens with one attached hydrogen (secondary N) is 1. The van der Waals surface area contributed by atoms with Crippen LogP contribution < -0.4 is 5.32 Å². The van der Waals surface area contributed by atoms with E-state index in [0.29, 0.717) is 17.8 Å². The van der Waals surface area contributed by atoms with E-state index in [4.69, 9.17) is 0 Å². The van der Waals surface area contributed by atoms with E-state index in [0.717, 1.165) is 17.6 Å². The second kappa shape index (κ2) is 6.78. The summed E-state index contributed by atoms with van der Waals surface area (Å²) in [7, 11) is 0. The number of hydrogen-bond donors (Lipinski definition) is 1. The van der Waals surface area contributed by atoms with Crippen LogP contribution in [-0.2, 0) is 6.54 Å². The fraction of sp³-hybridized carbons (Fsp3) is 0.250. The molecule has 18 heavy (non-hydrogen) atoms. The van der Waals surface area contributed by atoms with Crippen LogP contribution in [0.4, 0.5) is 8.78 Å². The summed E-state index contributed by atoms with van der Waals surface area (Å²) in [5, 5.41) is 5.95. The highest BCUT2D eigenvalue weighted by atomic mass is 35.5. The van der Waals surface area contributed by atoms with Crippen LogP contribution in [0.2, 0.25) is 0 Å². The lowest BCUT2D eigenvalue weighted by atomic mass is 10.2. The highest BCUT2D eigenvalue weighted by Gasteiger charge is 2.07. The summed E-state index contributed by atoms with van der Waals surface area (Å²) in [6, 6.07) is 3.82. The van der Waals surface area contributed by atoms with Gasteiger partial charge in [0, 0.05) is 17.5 Å². The minimum absolute atomic E-state index is 0. The van der Waals surface area contributed by atoms with Gasteiger partial charge in [0.25, 0.3) is 0 Å². The first-order chi connectivity index (χ1) is 8.20. The van der Waals surface area contributed by atoms with E-state index in [1.165, 1.54) is 23.5 Å². The molecule has 98 valence electrons. The third-order valence-electron chi connectivity index (χ3n) is 2.29. The van der Waals surface area contributed by atoms with Crippen LogP contribution in [0, 0.1) is 11.6 Å². The Labute approximate surface area is 114 Å². The van der Waals surface area contributed by atoms with E-state index in [9.17, 15) is 8.78 Å². The zero-order valence-electron chi connectivity index (χ0n) is 9.74. The van der Waals surface area contributed by atoms with Gasteiger partial charge in [-0.15, -0.1) is 23.7 Å². The number of aromatic nitrogens is 1. The second-order valence-corrected chi connectivity index (χ2v) is 4.48. The molecule has 2 rings (SSSR count). The highest BCUT2D eigenvalue weighted by molar-refractivity contribution is 7.09. The molecule has 1 aromatic carbocycles. The Balaban J connectivity index is 0.00000162. The summed E-state index contributed by atoms with van der Waals surface area (Å²) in [6.07, 6.45) is 0. The Bertz CT molecular complexity index is 517. The normalized spacial score (nSPS) is 10.2. The van der Waals surface area contributed by atoms with Crippen LogP contribution in [0.3, 0.4) is 0 Å². The maximum absolute atomic E-state index is 13.1. The third kappa shape index (κ3) is 3.48. The summed E-state index contributed by atoms with van der Waals surface area (Å²) in [6.45, 7) is 3.59. The fourth-order valence-electron chi connectivity index (χ4n) is 1.41. The molecule has 0 spiro atoms. The van der Waals surface area contributed by atoms with Crippen LogP contribution in [0.25, 0.3) is 11.3 Å². The Kier molecular flexibility index (Phi) is 5.65. The lowest BCUT2D eigenvalue weighted by Crippen LogP contribution is -2.11. The summed E-state index contributed by atoms with van der Waals surface area (Å²) < 4.78 is 25.8. The van der Waals surface area contributed by atoms with Crippen molar-refractivity contribution in [3.05, 3.63) is 40.2 Å². The van der Waals surface area contributed by atoms with Crippen LogP contribution in [0.5, 0.6) is 0 Å². The van der Waals surface area contributed by atoms with Crippen molar-refractivity contribution in [2.75, 3.05) is 6.54 Å². The monoisotopic (exact) mass is 290 g/mol. The topological polar surface area (TPSA) is 24.9 Å². The molecule has 0 radical (unpaired) electrons. The van der Waals surface area contributed by atoms with E-state index >= 15 is 0 Å². The molecule has 0 aliphatic rings. The van der Waals surface area contributed by atoms with Gasteiger partial charge in [0.05, 0.1) is 5.69 Å². The molecule has 0 atom stereocenters. The third-order valence-corrected chi connectivity index (χ3v) is 3.14. The molecule has 0 bridgehead atoms. The maximum atomic E-state index is 13.1. The van der Waals surface area contributed by atoms with Gasteiger partial charge in [-0.1, -0.05) is 6.92 Å². The van der Waals surface area contributed by atoms with E-state index in [2.05, 4.69) is 10.3 Å². The minimum Gasteiger partial charge on any atom is -0.311 e. The number of halogens is 3. The fourth-order valence-corrected chi connectivity index (χ4v) is 2.18. The predicted molar refractivity (Wildman–Crippen MR) is 72.1 cm³/mol. The van der Waals surface area contributed by atoms with Crippen molar-refractivity contribution >= 4 is 23.7 Å². The molecule has 0 saturated heterocycles. The first-order valence-electron chi connectivity index (χ1n) is 5.31. The van der Waals surface area contributed by atoms with Gasteiger partial charge >= 0.3 is 0 Å². The van der Waals surface area contributed by atoms with Crippen molar-refractivity contribution in [2.45, 2.75) is 13.5 Å². The molecule has 6 heteroatoms. The first kappa shape index (κ1) is 15.0.